The highest BCUT2D eigenvalue weighted by atomic mass is 16.5. The first-order valence-corrected chi connectivity index (χ1v) is 8.84. The van der Waals surface area contributed by atoms with Crippen LogP contribution in [0.1, 0.15) is 22.3 Å². The minimum atomic E-state index is -0.209. The zero-order chi connectivity index (χ0) is 19.1. The molecular weight excluding hydrogens is 326 g/mol. The lowest BCUT2D eigenvalue weighted by atomic mass is 10.1. The fourth-order valence-electron chi connectivity index (χ4n) is 2.81. The van der Waals surface area contributed by atoms with E-state index in [0.29, 0.717) is 13.2 Å². The minimum Gasteiger partial charge on any atom is -0.492 e. The molecule has 0 atom stereocenters. The van der Waals surface area contributed by atoms with Crippen molar-refractivity contribution in [3.05, 3.63) is 58.7 Å². The van der Waals surface area contributed by atoms with Crippen molar-refractivity contribution in [3.63, 3.8) is 0 Å². The Morgan fingerprint density at radius 3 is 2.42 bits per heavy atom. The molecule has 0 aromatic heterocycles. The molecule has 140 valence electrons. The molecule has 0 bridgehead atoms. The average molecular weight is 355 g/mol. The third-order valence-corrected chi connectivity index (χ3v) is 4.07. The zero-order valence-electron chi connectivity index (χ0n) is 16.3. The first kappa shape index (κ1) is 19.8. The molecular formula is C21H29N3O2. The van der Waals surface area contributed by atoms with Crippen LogP contribution in [0.3, 0.4) is 0 Å². The van der Waals surface area contributed by atoms with Crippen LogP contribution in [-0.4, -0.2) is 38.2 Å². The van der Waals surface area contributed by atoms with Gasteiger partial charge in [-0.05, 0) is 63.7 Å². The first-order chi connectivity index (χ1) is 12.3. The van der Waals surface area contributed by atoms with E-state index in [1.54, 1.807) is 0 Å². The van der Waals surface area contributed by atoms with Crippen LogP contribution in [0.5, 0.6) is 5.75 Å². The van der Waals surface area contributed by atoms with Gasteiger partial charge in [-0.2, -0.15) is 0 Å². The number of amides is 2. The molecule has 26 heavy (non-hydrogen) atoms. The molecule has 0 aliphatic heterocycles. The van der Waals surface area contributed by atoms with Gasteiger partial charge < -0.3 is 20.3 Å². The lowest BCUT2D eigenvalue weighted by Crippen LogP contribution is -2.28. The molecule has 5 heteroatoms. The van der Waals surface area contributed by atoms with Gasteiger partial charge in [-0.1, -0.05) is 29.8 Å². The van der Waals surface area contributed by atoms with Crippen LogP contribution in [0.2, 0.25) is 0 Å². The van der Waals surface area contributed by atoms with Crippen molar-refractivity contribution in [1.82, 2.24) is 10.2 Å². The van der Waals surface area contributed by atoms with E-state index in [2.05, 4.69) is 34.6 Å². The molecule has 5 nitrogen and oxygen atoms in total. The molecule has 2 amide bonds. The van der Waals surface area contributed by atoms with Gasteiger partial charge in [-0.15, -0.1) is 0 Å². The number of aryl methyl sites for hydroxylation is 3. The predicted octanol–water partition coefficient (Wildman–Crippen LogP) is 3.87. The summed E-state index contributed by atoms with van der Waals surface area (Å²) in [6.07, 6.45) is 0. The maximum Gasteiger partial charge on any atom is 0.319 e. The van der Waals surface area contributed by atoms with Gasteiger partial charge in [0.15, 0.2) is 0 Å². The summed E-state index contributed by atoms with van der Waals surface area (Å²) in [6, 6.07) is 11.7. The number of nitrogens with zero attached hydrogens (tertiary/aromatic N) is 1. The van der Waals surface area contributed by atoms with Crippen LogP contribution in [0.15, 0.2) is 36.4 Å². The van der Waals surface area contributed by atoms with Crippen molar-refractivity contribution >= 4 is 11.7 Å². The smallest absolute Gasteiger partial charge is 0.319 e. The van der Waals surface area contributed by atoms with E-state index in [9.17, 15) is 4.79 Å². The Labute approximate surface area is 156 Å². The predicted molar refractivity (Wildman–Crippen MR) is 107 cm³/mol. The largest absolute Gasteiger partial charge is 0.492 e. The van der Waals surface area contributed by atoms with E-state index >= 15 is 0 Å². The van der Waals surface area contributed by atoms with Crippen molar-refractivity contribution in [2.75, 3.05) is 32.6 Å². The summed E-state index contributed by atoms with van der Waals surface area (Å²) in [5.74, 6) is 0.816. The maximum atomic E-state index is 12.2. The minimum absolute atomic E-state index is 0.209. The Kier molecular flexibility index (Phi) is 7.04. The van der Waals surface area contributed by atoms with Crippen molar-refractivity contribution < 1.29 is 9.53 Å². The number of likely N-dealkylation sites (N-methyl/N-ethyl adjacent to an activating group) is 1. The van der Waals surface area contributed by atoms with E-state index in [1.165, 1.54) is 5.56 Å². The van der Waals surface area contributed by atoms with Gasteiger partial charge in [0.1, 0.15) is 12.4 Å². The summed E-state index contributed by atoms with van der Waals surface area (Å²) in [6.45, 7) is 8.00. The third kappa shape index (κ3) is 6.08. The highest BCUT2D eigenvalue weighted by molar-refractivity contribution is 5.91. The molecule has 0 aliphatic rings. The van der Waals surface area contributed by atoms with Crippen LogP contribution in [-0.2, 0) is 6.54 Å². The number of anilines is 1. The molecule has 2 aromatic carbocycles. The number of nitrogens with one attached hydrogen (secondary N) is 2. The van der Waals surface area contributed by atoms with Crippen LogP contribution < -0.4 is 15.4 Å². The van der Waals surface area contributed by atoms with E-state index in [1.807, 2.05) is 52.2 Å². The molecule has 0 saturated carbocycles. The molecule has 2 aromatic rings. The van der Waals surface area contributed by atoms with E-state index in [4.69, 9.17) is 4.74 Å². The molecule has 0 spiro atoms. The fraction of sp³-hybridized carbons (Fsp3) is 0.381. The number of rotatable bonds is 7. The number of urea groups is 1. The van der Waals surface area contributed by atoms with E-state index in [0.717, 1.165) is 34.7 Å². The monoisotopic (exact) mass is 355 g/mol. The lowest BCUT2D eigenvalue weighted by molar-refractivity contribution is 0.251. The maximum absolute atomic E-state index is 12.2. The number of hydrogen-bond donors (Lipinski definition) is 2. The number of carbonyl (C=O) groups excluding carboxylic acids is 1. The Morgan fingerprint density at radius 1 is 1.08 bits per heavy atom. The number of carbonyl (C=O) groups is 1. The topological polar surface area (TPSA) is 53.6 Å². The van der Waals surface area contributed by atoms with Crippen LogP contribution >= 0.6 is 0 Å². The molecule has 2 N–H and O–H groups in total. The van der Waals surface area contributed by atoms with Gasteiger partial charge in [-0.25, -0.2) is 4.79 Å². The van der Waals surface area contributed by atoms with Crippen LogP contribution in [0.4, 0.5) is 10.5 Å². The average Bonchev–Trinajstić information content (AvgIpc) is 2.56. The van der Waals surface area contributed by atoms with Crippen molar-refractivity contribution in [2.45, 2.75) is 27.3 Å². The van der Waals surface area contributed by atoms with Gasteiger partial charge in [0, 0.05) is 18.8 Å². The molecule has 0 aliphatic carbocycles. The highest BCUT2D eigenvalue weighted by Crippen LogP contribution is 2.21. The molecule has 2 rings (SSSR count). The second-order valence-corrected chi connectivity index (χ2v) is 6.88. The van der Waals surface area contributed by atoms with Gasteiger partial charge >= 0.3 is 6.03 Å². The number of benzene rings is 2. The normalized spacial score (nSPS) is 10.7. The van der Waals surface area contributed by atoms with Crippen molar-refractivity contribution in [2.24, 2.45) is 0 Å². The van der Waals surface area contributed by atoms with Crippen molar-refractivity contribution in [1.29, 1.82) is 0 Å². The SMILES string of the molecule is Cc1cc(C)c(NC(=O)NCc2cccc(OCCN(C)C)c2)c(C)c1. The summed E-state index contributed by atoms with van der Waals surface area (Å²) in [4.78, 5) is 14.3. The summed E-state index contributed by atoms with van der Waals surface area (Å²) in [5, 5.41) is 5.85. The lowest BCUT2D eigenvalue weighted by Gasteiger charge is -2.14. The van der Waals surface area contributed by atoms with Crippen LogP contribution in [0, 0.1) is 20.8 Å². The van der Waals surface area contributed by atoms with Gasteiger partial charge in [0.05, 0.1) is 0 Å². The third-order valence-electron chi connectivity index (χ3n) is 4.07. The fourth-order valence-corrected chi connectivity index (χ4v) is 2.81. The molecule has 0 heterocycles. The van der Waals surface area contributed by atoms with Crippen LogP contribution in [0.25, 0.3) is 0 Å². The second-order valence-electron chi connectivity index (χ2n) is 6.88. The molecule has 0 saturated heterocycles. The van der Waals surface area contributed by atoms with E-state index in [-0.39, 0.29) is 6.03 Å². The van der Waals surface area contributed by atoms with Crippen molar-refractivity contribution in [3.8, 4) is 5.75 Å². The second kappa shape index (κ2) is 9.25. The first-order valence-electron chi connectivity index (χ1n) is 8.84. The van der Waals surface area contributed by atoms with Gasteiger partial charge in [-0.3, -0.25) is 0 Å². The number of ether oxygens (including phenoxy) is 1. The zero-order valence-corrected chi connectivity index (χ0v) is 16.3. The highest BCUT2D eigenvalue weighted by Gasteiger charge is 2.08. The molecule has 0 fully saturated rings. The Bertz CT molecular complexity index is 734. The molecule has 0 unspecified atom stereocenters. The summed E-state index contributed by atoms with van der Waals surface area (Å²) in [5.41, 5.74) is 5.19. The Morgan fingerprint density at radius 2 is 1.77 bits per heavy atom. The number of hydrogen-bond acceptors (Lipinski definition) is 3. The standard InChI is InChI=1S/C21H29N3O2/c1-15-11-16(2)20(17(3)12-15)23-21(25)22-14-18-7-6-8-19(13-18)26-10-9-24(4)5/h6-8,11-13H,9-10,14H2,1-5H3,(H2,22,23,25). The summed E-state index contributed by atoms with van der Waals surface area (Å²) >= 11 is 0. The van der Waals surface area contributed by atoms with E-state index < -0.39 is 0 Å². The molecule has 0 radical (unpaired) electrons. The Hall–Kier alpha value is -2.53. The van der Waals surface area contributed by atoms with Gasteiger partial charge in [0.2, 0.25) is 0 Å². The van der Waals surface area contributed by atoms with Gasteiger partial charge in [0.25, 0.3) is 0 Å². The quantitative estimate of drug-likeness (QED) is 0.793. The summed E-state index contributed by atoms with van der Waals surface area (Å²) in [7, 11) is 4.03. The Balaban J connectivity index is 1.89. The summed E-state index contributed by atoms with van der Waals surface area (Å²) < 4.78 is 5.73.